The van der Waals surface area contributed by atoms with E-state index in [1.165, 1.54) is 5.56 Å². The first-order valence-electron chi connectivity index (χ1n) is 5.16. The molecule has 1 aromatic carbocycles. The zero-order valence-electron chi connectivity index (χ0n) is 8.93. The fourth-order valence-corrected chi connectivity index (χ4v) is 1.83. The molecule has 0 bridgehead atoms. The summed E-state index contributed by atoms with van der Waals surface area (Å²) in [7, 11) is 0. The van der Waals surface area contributed by atoms with Crippen molar-refractivity contribution < 1.29 is 0 Å². The van der Waals surface area contributed by atoms with Crippen molar-refractivity contribution in [1.29, 1.82) is 0 Å². The maximum atomic E-state index is 5.91. The lowest BCUT2D eigenvalue weighted by Crippen LogP contribution is -2.38. The molecule has 1 atom stereocenters. The van der Waals surface area contributed by atoms with Crippen molar-refractivity contribution in [3.8, 4) is 0 Å². The zero-order chi connectivity index (χ0) is 10.7. The third-order valence-corrected chi connectivity index (χ3v) is 2.97. The van der Waals surface area contributed by atoms with E-state index in [2.05, 4.69) is 36.0 Å². The molecule has 0 radical (unpaired) electrons. The van der Waals surface area contributed by atoms with Crippen molar-refractivity contribution in [3.63, 3.8) is 0 Å². The van der Waals surface area contributed by atoms with E-state index in [1.807, 2.05) is 30.3 Å². The Morgan fingerprint density at radius 2 is 1.67 bits per heavy atom. The van der Waals surface area contributed by atoms with Gasteiger partial charge in [-0.05, 0) is 24.6 Å². The highest BCUT2D eigenvalue weighted by atomic mass is 15.0. The van der Waals surface area contributed by atoms with Gasteiger partial charge in [-0.15, -0.1) is 0 Å². The Kier molecular flexibility index (Phi) is 2.60. The molecule has 0 spiro atoms. The number of hydrogen-bond donors (Lipinski definition) is 1. The van der Waals surface area contributed by atoms with Gasteiger partial charge in [-0.25, -0.2) is 0 Å². The van der Waals surface area contributed by atoms with E-state index in [0.29, 0.717) is 6.54 Å². The minimum atomic E-state index is -0.148. The van der Waals surface area contributed by atoms with Crippen LogP contribution < -0.4 is 5.73 Å². The average Bonchev–Trinajstić information content (AvgIpc) is 2.83. The van der Waals surface area contributed by atoms with Crippen LogP contribution in [0, 0.1) is 0 Å². The second-order valence-corrected chi connectivity index (χ2v) is 3.93. The molecule has 0 fully saturated rings. The van der Waals surface area contributed by atoms with Crippen molar-refractivity contribution >= 4 is 0 Å². The largest absolute Gasteiger partial charge is 0.343 e. The molecule has 2 heteroatoms. The number of nitrogens with two attached hydrogens (primary N) is 1. The van der Waals surface area contributed by atoms with E-state index >= 15 is 0 Å². The van der Waals surface area contributed by atoms with E-state index in [1.54, 1.807) is 0 Å². The highest BCUT2D eigenvalue weighted by Gasteiger charge is 2.25. The first-order chi connectivity index (χ1) is 7.27. The van der Waals surface area contributed by atoms with Gasteiger partial charge in [0.1, 0.15) is 0 Å². The normalized spacial score (nSPS) is 14.8. The second-order valence-electron chi connectivity index (χ2n) is 3.93. The van der Waals surface area contributed by atoms with Gasteiger partial charge in [0.2, 0.25) is 0 Å². The van der Waals surface area contributed by atoms with E-state index in [9.17, 15) is 0 Å². The molecule has 1 heterocycles. The summed E-state index contributed by atoms with van der Waals surface area (Å²) in [5.74, 6) is 0. The molecule has 2 N–H and O–H groups in total. The molecule has 0 amide bonds. The first-order valence-corrected chi connectivity index (χ1v) is 5.16. The Balaban J connectivity index is 2.47. The summed E-state index contributed by atoms with van der Waals surface area (Å²) in [6.07, 6.45) is 4.11. The van der Waals surface area contributed by atoms with E-state index < -0.39 is 0 Å². The van der Waals surface area contributed by atoms with Crippen LogP contribution in [-0.4, -0.2) is 11.1 Å². The van der Waals surface area contributed by atoms with Crippen LogP contribution in [0.15, 0.2) is 54.9 Å². The summed E-state index contributed by atoms with van der Waals surface area (Å²) < 4.78 is 2.16. The molecule has 0 aliphatic heterocycles. The lowest BCUT2D eigenvalue weighted by atomic mass is 9.92. The van der Waals surface area contributed by atoms with Crippen LogP contribution in [0.5, 0.6) is 0 Å². The SMILES string of the molecule is CC(CN)(c1ccccc1)n1cccc1. The van der Waals surface area contributed by atoms with Crippen LogP contribution in [0.3, 0.4) is 0 Å². The molecular weight excluding hydrogens is 184 g/mol. The highest BCUT2D eigenvalue weighted by molar-refractivity contribution is 5.26. The highest BCUT2D eigenvalue weighted by Crippen LogP contribution is 2.24. The molecular formula is C13H16N2. The van der Waals surface area contributed by atoms with Crippen molar-refractivity contribution in [2.24, 2.45) is 5.73 Å². The third-order valence-electron chi connectivity index (χ3n) is 2.97. The Morgan fingerprint density at radius 1 is 1.07 bits per heavy atom. The molecule has 2 rings (SSSR count). The Morgan fingerprint density at radius 3 is 2.20 bits per heavy atom. The number of benzene rings is 1. The molecule has 78 valence electrons. The molecule has 1 aromatic heterocycles. The van der Waals surface area contributed by atoms with Gasteiger partial charge in [-0.1, -0.05) is 30.3 Å². The number of aromatic nitrogens is 1. The van der Waals surface area contributed by atoms with Gasteiger partial charge in [0.15, 0.2) is 0 Å². The van der Waals surface area contributed by atoms with Crippen LogP contribution in [0.2, 0.25) is 0 Å². The van der Waals surface area contributed by atoms with Crippen LogP contribution in [0.4, 0.5) is 0 Å². The quantitative estimate of drug-likeness (QED) is 0.809. The maximum Gasteiger partial charge on any atom is 0.0784 e. The first kappa shape index (κ1) is 9.99. The topological polar surface area (TPSA) is 30.9 Å². The molecule has 1 unspecified atom stereocenters. The van der Waals surface area contributed by atoms with Gasteiger partial charge in [0.05, 0.1) is 5.54 Å². The van der Waals surface area contributed by atoms with E-state index in [4.69, 9.17) is 5.73 Å². The fraction of sp³-hybridized carbons (Fsp3) is 0.231. The summed E-state index contributed by atoms with van der Waals surface area (Å²) in [5, 5.41) is 0. The summed E-state index contributed by atoms with van der Waals surface area (Å²) in [6.45, 7) is 2.74. The Labute approximate surface area is 90.3 Å². The molecule has 0 aliphatic carbocycles. The van der Waals surface area contributed by atoms with Crippen molar-refractivity contribution in [3.05, 3.63) is 60.4 Å². The Hall–Kier alpha value is -1.54. The van der Waals surface area contributed by atoms with Crippen LogP contribution in [-0.2, 0) is 5.54 Å². The van der Waals surface area contributed by atoms with Crippen molar-refractivity contribution in [2.45, 2.75) is 12.5 Å². The van der Waals surface area contributed by atoms with Gasteiger partial charge in [0, 0.05) is 18.9 Å². The predicted octanol–water partition coefficient (Wildman–Crippen LogP) is 2.21. The molecule has 0 saturated carbocycles. The summed E-state index contributed by atoms with van der Waals surface area (Å²) in [5.41, 5.74) is 7.00. The van der Waals surface area contributed by atoms with E-state index in [-0.39, 0.29) is 5.54 Å². The van der Waals surface area contributed by atoms with Crippen molar-refractivity contribution in [2.75, 3.05) is 6.54 Å². The number of rotatable bonds is 3. The van der Waals surface area contributed by atoms with E-state index in [0.717, 1.165) is 0 Å². The average molecular weight is 200 g/mol. The minimum Gasteiger partial charge on any atom is -0.343 e. The van der Waals surface area contributed by atoms with Crippen LogP contribution >= 0.6 is 0 Å². The molecule has 0 aliphatic rings. The number of hydrogen-bond acceptors (Lipinski definition) is 1. The van der Waals surface area contributed by atoms with Gasteiger partial charge in [-0.3, -0.25) is 0 Å². The standard InChI is InChI=1S/C13H16N2/c1-13(11-14,15-9-5-6-10-15)12-7-3-2-4-8-12/h2-10H,11,14H2,1H3. The smallest absolute Gasteiger partial charge is 0.0784 e. The van der Waals surface area contributed by atoms with Crippen LogP contribution in [0.1, 0.15) is 12.5 Å². The minimum absolute atomic E-state index is 0.148. The van der Waals surface area contributed by atoms with Crippen molar-refractivity contribution in [1.82, 2.24) is 4.57 Å². The molecule has 15 heavy (non-hydrogen) atoms. The number of nitrogens with zero attached hydrogens (tertiary/aromatic N) is 1. The predicted molar refractivity (Wildman–Crippen MR) is 62.7 cm³/mol. The van der Waals surface area contributed by atoms with Gasteiger partial charge in [-0.2, -0.15) is 0 Å². The lowest BCUT2D eigenvalue weighted by molar-refractivity contribution is 0.405. The van der Waals surface area contributed by atoms with Crippen LogP contribution in [0.25, 0.3) is 0 Å². The third kappa shape index (κ3) is 1.68. The summed E-state index contributed by atoms with van der Waals surface area (Å²) in [6, 6.07) is 14.4. The molecule has 2 nitrogen and oxygen atoms in total. The molecule has 2 aromatic rings. The Bertz CT molecular complexity index is 405. The monoisotopic (exact) mass is 200 g/mol. The maximum absolute atomic E-state index is 5.91. The molecule has 0 saturated heterocycles. The summed E-state index contributed by atoms with van der Waals surface area (Å²) >= 11 is 0. The second kappa shape index (κ2) is 3.91. The van der Waals surface area contributed by atoms with Gasteiger partial charge < -0.3 is 10.3 Å². The fourth-order valence-electron chi connectivity index (χ4n) is 1.83. The van der Waals surface area contributed by atoms with Gasteiger partial charge in [0.25, 0.3) is 0 Å². The summed E-state index contributed by atoms with van der Waals surface area (Å²) in [4.78, 5) is 0. The van der Waals surface area contributed by atoms with Gasteiger partial charge >= 0.3 is 0 Å². The zero-order valence-corrected chi connectivity index (χ0v) is 8.93. The lowest BCUT2D eigenvalue weighted by Gasteiger charge is -2.30.